The lowest BCUT2D eigenvalue weighted by molar-refractivity contribution is -0.141. The van der Waals surface area contributed by atoms with E-state index in [2.05, 4.69) is 13.8 Å². The van der Waals surface area contributed by atoms with Gasteiger partial charge in [-0.15, -0.1) is 0 Å². The lowest BCUT2D eigenvalue weighted by atomic mass is 9.82. The van der Waals surface area contributed by atoms with E-state index in [0.29, 0.717) is 31.7 Å². The van der Waals surface area contributed by atoms with Crippen LogP contribution in [0, 0.1) is 11.8 Å². The molecule has 31 heavy (non-hydrogen) atoms. The highest BCUT2D eigenvalue weighted by molar-refractivity contribution is 6.01. The van der Waals surface area contributed by atoms with Crippen molar-refractivity contribution in [2.24, 2.45) is 11.8 Å². The number of likely N-dealkylation sites (tertiary alicyclic amines) is 1. The summed E-state index contributed by atoms with van der Waals surface area (Å²) in [6, 6.07) is 12.7. The number of carbonyl (C=O) groups excluding carboxylic acids is 2. The Balaban J connectivity index is 1.43. The summed E-state index contributed by atoms with van der Waals surface area (Å²) in [6.07, 6.45) is 1.84. The fourth-order valence-electron chi connectivity index (χ4n) is 5.67. The lowest BCUT2D eigenvalue weighted by Gasteiger charge is -2.45. The highest BCUT2D eigenvalue weighted by atomic mass is 16.2. The molecule has 1 aromatic heterocycles. The topological polar surface area (TPSA) is 62.6 Å². The van der Waals surface area contributed by atoms with Crippen LogP contribution in [0.25, 0.3) is 0 Å². The SMILES string of the molecule is CC[C@H](C)[C@H](C(=O)N1CC2CC(C1)c1cccc(=O)n1C2)N1Cc2ccccc2C1=O. The first-order chi connectivity index (χ1) is 15.0. The second-order valence-electron chi connectivity index (χ2n) is 9.36. The van der Waals surface area contributed by atoms with Crippen molar-refractivity contribution in [2.75, 3.05) is 13.1 Å². The minimum absolute atomic E-state index is 0.0386. The zero-order valence-corrected chi connectivity index (χ0v) is 18.2. The van der Waals surface area contributed by atoms with Gasteiger partial charge < -0.3 is 14.4 Å². The molecule has 1 aromatic carbocycles. The molecule has 2 unspecified atom stereocenters. The Kier molecular flexibility index (Phi) is 4.95. The van der Waals surface area contributed by atoms with Gasteiger partial charge in [0.1, 0.15) is 6.04 Å². The zero-order chi connectivity index (χ0) is 21.7. The predicted octanol–water partition coefficient (Wildman–Crippen LogP) is 2.86. The number of hydrogen-bond donors (Lipinski definition) is 0. The minimum Gasteiger partial charge on any atom is -0.340 e. The van der Waals surface area contributed by atoms with Gasteiger partial charge in [-0.1, -0.05) is 44.5 Å². The Bertz CT molecular complexity index is 1090. The quantitative estimate of drug-likeness (QED) is 0.766. The van der Waals surface area contributed by atoms with Crippen molar-refractivity contribution in [1.82, 2.24) is 14.4 Å². The average molecular weight is 420 g/mol. The molecule has 1 saturated heterocycles. The van der Waals surface area contributed by atoms with Crippen LogP contribution in [0.2, 0.25) is 0 Å². The van der Waals surface area contributed by atoms with Gasteiger partial charge in [-0.05, 0) is 36.0 Å². The third kappa shape index (κ3) is 3.29. The third-order valence-electron chi connectivity index (χ3n) is 7.41. The second-order valence-corrected chi connectivity index (χ2v) is 9.36. The van der Waals surface area contributed by atoms with Crippen molar-refractivity contribution in [3.05, 3.63) is 69.6 Å². The first-order valence-corrected chi connectivity index (χ1v) is 11.3. The molecule has 0 radical (unpaired) electrons. The average Bonchev–Trinajstić information content (AvgIpc) is 3.10. The minimum atomic E-state index is -0.457. The Hall–Kier alpha value is -2.89. The summed E-state index contributed by atoms with van der Waals surface area (Å²) < 4.78 is 1.88. The summed E-state index contributed by atoms with van der Waals surface area (Å²) in [5, 5.41) is 0. The van der Waals surface area contributed by atoms with Gasteiger partial charge >= 0.3 is 0 Å². The molecule has 162 valence electrons. The predicted molar refractivity (Wildman–Crippen MR) is 118 cm³/mol. The Morgan fingerprint density at radius 1 is 1.06 bits per heavy atom. The number of carbonyl (C=O) groups is 2. The number of fused-ring (bicyclic) bond motifs is 5. The highest BCUT2D eigenvalue weighted by Gasteiger charge is 2.43. The lowest BCUT2D eigenvalue weighted by Crippen LogP contribution is -2.56. The van der Waals surface area contributed by atoms with E-state index in [0.717, 1.165) is 24.1 Å². The van der Waals surface area contributed by atoms with E-state index < -0.39 is 6.04 Å². The maximum absolute atomic E-state index is 13.9. The summed E-state index contributed by atoms with van der Waals surface area (Å²) in [6.45, 7) is 6.56. The van der Waals surface area contributed by atoms with Crippen LogP contribution in [0.3, 0.4) is 0 Å². The number of rotatable bonds is 4. The zero-order valence-electron chi connectivity index (χ0n) is 18.2. The molecule has 2 bridgehead atoms. The molecule has 4 atom stereocenters. The maximum Gasteiger partial charge on any atom is 0.255 e. The standard InChI is InChI=1S/C25H29N3O3/c1-3-16(2)23(28-15-18-7-4-5-8-20(18)24(28)30)25(31)26-12-17-11-19(14-26)21-9-6-10-22(29)27(21)13-17/h4-10,16-17,19,23H,3,11-15H2,1-2H3/t16-,17?,19?,23+/m0/s1. The van der Waals surface area contributed by atoms with Crippen molar-refractivity contribution in [3.63, 3.8) is 0 Å². The van der Waals surface area contributed by atoms with Gasteiger partial charge in [0, 0.05) is 49.4 Å². The number of hydrogen-bond acceptors (Lipinski definition) is 3. The molecule has 1 fully saturated rings. The number of pyridine rings is 1. The molecule has 3 aliphatic rings. The molecular formula is C25H29N3O3. The number of amides is 2. The molecule has 6 heteroatoms. The molecule has 0 spiro atoms. The van der Waals surface area contributed by atoms with Crippen LogP contribution >= 0.6 is 0 Å². The van der Waals surface area contributed by atoms with Gasteiger partial charge in [-0.3, -0.25) is 14.4 Å². The van der Waals surface area contributed by atoms with Gasteiger partial charge in [0.2, 0.25) is 5.91 Å². The summed E-state index contributed by atoms with van der Waals surface area (Å²) in [7, 11) is 0. The number of nitrogens with zero attached hydrogens (tertiary/aromatic N) is 3. The Morgan fingerprint density at radius 3 is 2.65 bits per heavy atom. The van der Waals surface area contributed by atoms with Crippen molar-refractivity contribution < 1.29 is 9.59 Å². The van der Waals surface area contributed by atoms with E-state index in [-0.39, 0.29) is 35.1 Å². The van der Waals surface area contributed by atoms with Crippen molar-refractivity contribution in [1.29, 1.82) is 0 Å². The van der Waals surface area contributed by atoms with E-state index in [1.165, 1.54) is 0 Å². The fourth-order valence-corrected chi connectivity index (χ4v) is 5.67. The molecule has 0 saturated carbocycles. The summed E-state index contributed by atoms with van der Waals surface area (Å²) >= 11 is 0. The van der Waals surface area contributed by atoms with E-state index in [4.69, 9.17) is 0 Å². The van der Waals surface area contributed by atoms with Crippen molar-refractivity contribution in [2.45, 2.75) is 51.7 Å². The summed E-state index contributed by atoms with van der Waals surface area (Å²) in [5.74, 6) is 0.538. The Labute approximate surface area is 182 Å². The van der Waals surface area contributed by atoms with Gasteiger partial charge in [0.05, 0.1) is 0 Å². The number of piperidine rings is 1. The molecule has 0 aliphatic carbocycles. The molecule has 6 nitrogen and oxygen atoms in total. The number of benzene rings is 1. The normalized spacial score (nSPS) is 23.9. The number of aromatic nitrogens is 1. The van der Waals surface area contributed by atoms with Crippen LogP contribution in [-0.2, 0) is 17.9 Å². The molecule has 4 heterocycles. The van der Waals surface area contributed by atoms with E-state index in [1.807, 2.05) is 45.9 Å². The highest BCUT2D eigenvalue weighted by Crippen LogP contribution is 2.36. The Morgan fingerprint density at radius 2 is 1.87 bits per heavy atom. The van der Waals surface area contributed by atoms with Crippen LogP contribution in [0.1, 0.15) is 54.2 Å². The molecule has 2 aromatic rings. The van der Waals surface area contributed by atoms with Gasteiger partial charge in [0.25, 0.3) is 11.5 Å². The third-order valence-corrected chi connectivity index (χ3v) is 7.41. The molecule has 3 aliphatic heterocycles. The molecular weight excluding hydrogens is 390 g/mol. The van der Waals surface area contributed by atoms with Crippen LogP contribution in [-0.4, -0.2) is 45.3 Å². The van der Waals surface area contributed by atoms with Crippen LogP contribution in [0.5, 0.6) is 0 Å². The summed E-state index contributed by atoms with van der Waals surface area (Å²) in [5.41, 5.74) is 2.79. The van der Waals surface area contributed by atoms with Crippen LogP contribution in [0.4, 0.5) is 0 Å². The summed E-state index contributed by atoms with van der Waals surface area (Å²) in [4.78, 5) is 43.1. The smallest absolute Gasteiger partial charge is 0.255 e. The van der Waals surface area contributed by atoms with Gasteiger partial charge in [0.15, 0.2) is 0 Å². The van der Waals surface area contributed by atoms with Crippen LogP contribution in [0.15, 0.2) is 47.3 Å². The van der Waals surface area contributed by atoms with Crippen molar-refractivity contribution in [3.8, 4) is 0 Å². The van der Waals surface area contributed by atoms with Crippen LogP contribution < -0.4 is 5.56 Å². The van der Waals surface area contributed by atoms with Crippen molar-refractivity contribution >= 4 is 11.8 Å². The van der Waals surface area contributed by atoms with E-state index >= 15 is 0 Å². The molecule has 0 N–H and O–H groups in total. The maximum atomic E-state index is 13.9. The first-order valence-electron chi connectivity index (χ1n) is 11.3. The molecule has 5 rings (SSSR count). The first kappa shape index (κ1) is 20.0. The van der Waals surface area contributed by atoms with Gasteiger partial charge in [-0.2, -0.15) is 0 Å². The fraction of sp³-hybridized carbons (Fsp3) is 0.480. The largest absolute Gasteiger partial charge is 0.340 e. The van der Waals surface area contributed by atoms with E-state index in [1.54, 1.807) is 11.0 Å². The monoisotopic (exact) mass is 419 g/mol. The molecule has 2 amide bonds. The second kappa shape index (κ2) is 7.66. The van der Waals surface area contributed by atoms with Gasteiger partial charge in [-0.25, -0.2) is 0 Å². The van der Waals surface area contributed by atoms with E-state index in [9.17, 15) is 14.4 Å².